The fourth-order valence-corrected chi connectivity index (χ4v) is 4.56. The molecule has 0 saturated heterocycles. The van der Waals surface area contributed by atoms with Crippen molar-refractivity contribution in [2.24, 2.45) is 0 Å². The van der Waals surface area contributed by atoms with Crippen LogP contribution >= 0.6 is 0 Å². The first-order chi connectivity index (χ1) is 12.4. The van der Waals surface area contributed by atoms with Gasteiger partial charge in [-0.2, -0.15) is 0 Å². The van der Waals surface area contributed by atoms with Crippen LogP contribution in [0, 0.1) is 13.8 Å². The maximum atomic E-state index is 12.3. The highest BCUT2D eigenvalue weighted by molar-refractivity contribution is 7.90. The first-order valence-electron chi connectivity index (χ1n) is 8.57. The van der Waals surface area contributed by atoms with E-state index < -0.39 is 21.2 Å². The van der Waals surface area contributed by atoms with Crippen LogP contribution in [0.1, 0.15) is 53.1 Å². The molecule has 0 aliphatic heterocycles. The number of aryl methyl sites for hydroxylation is 2. The molecule has 1 aliphatic rings. The van der Waals surface area contributed by atoms with Gasteiger partial charge in [-0.3, -0.25) is 4.79 Å². The predicted molar refractivity (Wildman–Crippen MR) is 95.4 cm³/mol. The lowest BCUT2D eigenvalue weighted by Gasteiger charge is -2.13. The van der Waals surface area contributed by atoms with Crippen molar-refractivity contribution in [2.75, 3.05) is 0 Å². The molecule has 1 fully saturated rings. The van der Waals surface area contributed by atoms with Gasteiger partial charge in [-0.1, -0.05) is 24.1 Å². The van der Waals surface area contributed by atoms with Crippen LogP contribution in [0.25, 0.3) is 0 Å². The van der Waals surface area contributed by atoms with Gasteiger partial charge in [0.25, 0.3) is 5.91 Å². The lowest BCUT2D eigenvalue weighted by molar-refractivity contribution is 0.0980. The molecule has 1 saturated carbocycles. The molecule has 0 atom stereocenters. The summed E-state index contributed by atoms with van der Waals surface area (Å²) in [5.41, 5.74) is 1.84. The number of hydrogen-bond acceptors (Lipinski definition) is 6. The first-order valence-corrected chi connectivity index (χ1v) is 10.1. The minimum atomic E-state index is -3.64. The minimum Gasteiger partial charge on any atom is -0.489 e. The van der Waals surface area contributed by atoms with Crippen molar-refractivity contribution in [1.29, 1.82) is 0 Å². The zero-order valence-corrected chi connectivity index (χ0v) is 15.6. The Morgan fingerprint density at radius 2 is 2.04 bits per heavy atom. The zero-order valence-electron chi connectivity index (χ0n) is 14.8. The molecule has 2 aromatic rings. The summed E-state index contributed by atoms with van der Waals surface area (Å²) in [5.74, 6) is 0.509. The van der Waals surface area contributed by atoms with E-state index in [1.807, 2.05) is 6.92 Å². The molecule has 1 heterocycles. The Kier molecular flexibility index (Phi) is 5.31. The highest BCUT2D eigenvalue weighted by atomic mass is 32.2. The molecule has 0 spiro atoms. The van der Waals surface area contributed by atoms with E-state index in [1.165, 1.54) is 6.07 Å². The van der Waals surface area contributed by atoms with Crippen molar-refractivity contribution < 1.29 is 22.5 Å². The van der Waals surface area contributed by atoms with Gasteiger partial charge in [-0.05, 0) is 44.9 Å². The predicted octanol–water partition coefficient (Wildman–Crippen LogP) is 2.87. The molecule has 3 rings (SSSR count). The standard InChI is InChI=1S/C18H22N2O5S/c1-12-17(13(2)25-19-12)11-24-15-7-5-6-14(10-15)18(21)20-26(22,23)16-8-3-4-9-16/h5-7,10,16H,3-4,8-9,11H2,1-2H3,(H,20,21). The summed E-state index contributed by atoms with van der Waals surface area (Å²) in [7, 11) is -3.64. The number of nitrogens with one attached hydrogen (secondary N) is 1. The Labute approximate surface area is 152 Å². The van der Waals surface area contributed by atoms with Crippen LogP contribution in [-0.4, -0.2) is 24.7 Å². The van der Waals surface area contributed by atoms with Gasteiger partial charge in [0.2, 0.25) is 10.0 Å². The number of nitrogens with zero attached hydrogens (tertiary/aromatic N) is 1. The number of benzene rings is 1. The number of ether oxygens (including phenoxy) is 1. The van der Waals surface area contributed by atoms with E-state index in [0.29, 0.717) is 24.4 Å². The fourth-order valence-electron chi connectivity index (χ4n) is 3.06. The number of hydrogen-bond donors (Lipinski definition) is 1. The summed E-state index contributed by atoms with van der Waals surface area (Å²) in [5, 5.41) is 3.39. The number of sulfonamides is 1. The normalized spacial score (nSPS) is 15.2. The second-order valence-corrected chi connectivity index (χ2v) is 8.46. The zero-order chi connectivity index (χ0) is 18.7. The quantitative estimate of drug-likeness (QED) is 0.830. The number of carbonyl (C=O) groups is 1. The SMILES string of the molecule is Cc1noc(C)c1COc1cccc(C(=O)NS(=O)(=O)C2CCCC2)c1. The van der Waals surface area contributed by atoms with Crippen LogP contribution in [0.5, 0.6) is 5.75 Å². The lowest BCUT2D eigenvalue weighted by atomic mass is 10.2. The summed E-state index contributed by atoms with van der Waals surface area (Å²) in [4.78, 5) is 12.3. The van der Waals surface area contributed by atoms with Crippen LogP contribution in [0.15, 0.2) is 28.8 Å². The fraction of sp³-hybridized carbons (Fsp3) is 0.444. The van der Waals surface area contributed by atoms with Gasteiger partial charge in [-0.25, -0.2) is 13.1 Å². The van der Waals surface area contributed by atoms with E-state index in [9.17, 15) is 13.2 Å². The van der Waals surface area contributed by atoms with Crippen LogP contribution in [-0.2, 0) is 16.6 Å². The molecule has 1 amide bonds. The topological polar surface area (TPSA) is 98.5 Å². The summed E-state index contributed by atoms with van der Waals surface area (Å²) in [6.07, 6.45) is 2.96. The second kappa shape index (κ2) is 7.49. The van der Waals surface area contributed by atoms with Gasteiger partial charge in [0, 0.05) is 5.56 Å². The molecule has 0 unspecified atom stereocenters. The Morgan fingerprint density at radius 3 is 2.69 bits per heavy atom. The van der Waals surface area contributed by atoms with Crippen LogP contribution in [0.4, 0.5) is 0 Å². The molecule has 0 radical (unpaired) electrons. The third-order valence-electron chi connectivity index (χ3n) is 4.64. The molecule has 0 bridgehead atoms. The van der Waals surface area contributed by atoms with Crippen molar-refractivity contribution >= 4 is 15.9 Å². The smallest absolute Gasteiger partial charge is 0.264 e. The molecule has 1 aliphatic carbocycles. The van der Waals surface area contributed by atoms with Crippen LogP contribution in [0.2, 0.25) is 0 Å². The minimum absolute atomic E-state index is 0.239. The van der Waals surface area contributed by atoms with E-state index in [-0.39, 0.29) is 12.2 Å². The summed E-state index contributed by atoms with van der Waals surface area (Å²) < 4.78 is 37.5. The van der Waals surface area contributed by atoms with Gasteiger partial charge in [0.15, 0.2) is 0 Å². The van der Waals surface area contributed by atoms with Gasteiger partial charge >= 0.3 is 0 Å². The largest absolute Gasteiger partial charge is 0.489 e. The summed E-state index contributed by atoms with van der Waals surface area (Å²) in [6.45, 7) is 3.88. The van der Waals surface area contributed by atoms with Gasteiger partial charge < -0.3 is 9.26 Å². The molecule has 1 aromatic carbocycles. The average Bonchev–Trinajstić information content (AvgIpc) is 3.25. The Morgan fingerprint density at radius 1 is 1.31 bits per heavy atom. The van der Waals surface area contributed by atoms with E-state index in [2.05, 4.69) is 9.88 Å². The lowest BCUT2D eigenvalue weighted by Crippen LogP contribution is -2.37. The monoisotopic (exact) mass is 378 g/mol. The highest BCUT2D eigenvalue weighted by Crippen LogP contribution is 2.24. The Balaban J connectivity index is 1.67. The molecule has 1 aromatic heterocycles. The van der Waals surface area contributed by atoms with Gasteiger partial charge in [-0.15, -0.1) is 0 Å². The van der Waals surface area contributed by atoms with Crippen LogP contribution in [0.3, 0.4) is 0 Å². The molecule has 7 nitrogen and oxygen atoms in total. The number of aromatic nitrogens is 1. The first kappa shape index (κ1) is 18.4. The number of amides is 1. The van der Waals surface area contributed by atoms with E-state index >= 15 is 0 Å². The average molecular weight is 378 g/mol. The van der Waals surface area contributed by atoms with Gasteiger partial charge in [0.1, 0.15) is 18.1 Å². The molecular weight excluding hydrogens is 356 g/mol. The molecule has 8 heteroatoms. The molecule has 1 N–H and O–H groups in total. The van der Waals surface area contributed by atoms with Crippen LogP contribution < -0.4 is 9.46 Å². The van der Waals surface area contributed by atoms with Crippen molar-refractivity contribution in [3.05, 3.63) is 46.8 Å². The third kappa shape index (κ3) is 4.07. The number of carbonyl (C=O) groups excluding carboxylic acids is 1. The highest BCUT2D eigenvalue weighted by Gasteiger charge is 2.30. The van der Waals surface area contributed by atoms with Crippen molar-refractivity contribution in [3.8, 4) is 5.75 Å². The van der Waals surface area contributed by atoms with Gasteiger partial charge in [0.05, 0.1) is 16.5 Å². The van der Waals surface area contributed by atoms with Crippen molar-refractivity contribution in [2.45, 2.75) is 51.4 Å². The molecule has 140 valence electrons. The van der Waals surface area contributed by atoms with Crippen molar-refractivity contribution in [1.82, 2.24) is 9.88 Å². The van der Waals surface area contributed by atoms with E-state index in [4.69, 9.17) is 9.26 Å². The second-order valence-electron chi connectivity index (χ2n) is 6.50. The van der Waals surface area contributed by atoms with E-state index in [1.54, 1.807) is 25.1 Å². The maximum Gasteiger partial charge on any atom is 0.264 e. The van der Waals surface area contributed by atoms with Crippen molar-refractivity contribution in [3.63, 3.8) is 0 Å². The summed E-state index contributed by atoms with van der Waals surface area (Å²) in [6, 6.07) is 6.44. The third-order valence-corrected chi connectivity index (χ3v) is 6.46. The Bertz CT molecular complexity index is 879. The molecular formula is C18H22N2O5S. The Hall–Kier alpha value is -2.35. The number of rotatable bonds is 6. The molecule has 26 heavy (non-hydrogen) atoms. The maximum absolute atomic E-state index is 12.3. The summed E-state index contributed by atoms with van der Waals surface area (Å²) >= 11 is 0. The van der Waals surface area contributed by atoms with E-state index in [0.717, 1.165) is 24.1 Å².